The predicted molar refractivity (Wildman–Crippen MR) is 83.3 cm³/mol. The number of rotatable bonds is 5. The van der Waals surface area contributed by atoms with Gasteiger partial charge < -0.3 is 10.2 Å². The maximum atomic E-state index is 11.9. The molecule has 0 spiro atoms. The van der Waals surface area contributed by atoms with Crippen LogP contribution >= 0.6 is 0 Å². The van der Waals surface area contributed by atoms with Crippen LogP contribution in [0, 0.1) is 5.92 Å². The molecule has 2 heterocycles. The summed E-state index contributed by atoms with van der Waals surface area (Å²) in [6.07, 6.45) is 12.7. The van der Waals surface area contributed by atoms with Gasteiger partial charge in [-0.05, 0) is 25.2 Å². The lowest BCUT2D eigenvalue weighted by molar-refractivity contribution is -0.116. The van der Waals surface area contributed by atoms with E-state index in [0.29, 0.717) is 12.1 Å². The van der Waals surface area contributed by atoms with Crippen LogP contribution in [0.15, 0.2) is 12.4 Å². The number of hydrogen-bond donors (Lipinski definition) is 1. The second-order valence-electron chi connectivity index (χ2n) is 6.20. The second kappa shape index (κ2) is 6.87. The molecule has 1 amide bonds. The lowest BCUT2D eigenvalue weighted by Gasteiger charge is -2.15. The molecule has 2 fully saturated rings. The summed E-state index contributed by atoms with van der Waals surface area (Å²) in [5.41, 5.74) is 0.703. The molecule has 1 aromatic rings. The Morgan fingerprint density at radius 1 is 1.14 bits per heavy atom. The SMILES string of the molecule is O=C(CCC1CCCC1)Nc1cnc(N2CCCC2)nc1. The number of nitrogens with one attached hydrogen (secondary N) is 1. The fourth-order valence-corrected chi connectivity index (χ4v) is 3.32. The van der Waals surface area contributed by atoms with Gasteiger partial charge in [-0.2, -0.15) is 0 Å². The van der Waals surface area contributed by atoms with E-state index in [-0.39, 0.29) is 5.91 Å². The van der Waals surface area contributed by atoms with Gasteiger partial charge in [0.05, 0.1) is 18.1 Å². The molecular formula is C16H24N4O. The number of aromatic nitrogens is 2. The molecule has 1 saturated heterocycles. The number of amides is 1. The molecule has 1 aromatic heterocycles. The van der Waals surface area contributed by atoms with E-state index in [4.69, 9.17) is 0 Å². The Labute approximate surface area is 126 Å². The van der Waals surface area contributed by atoms with Crippen molar-refractivity contribution in [2.45, 2.75) is 51.4 Å². The van der Waals surface area contributed by atoms with Crippen molar-refractivity contribution in [2.75, 3.05) is 23.3 Å². The average Bonchev–Trinajstić information content (AvgIpc) is 3.19. The Hall–Kier alpha value is -1.65. The lowest BCUT2D eigenvalue weighted by Crippen LogP contribution is -2.20. The largest absolute Gasteiger partial charge is 0.341 e. The van der Waals surface area contributed by atoms with Gasteiger partial charge in [0.2, 0.25) is 11.9 Å². The van der Waals surface area contributed by atoms with E-state index in [1.165, 1.54) is 38.5 Å². The van der Waals surface area contributed by atoms with Crippen LogP contribution in [0.2, 0.25) is 0 Å². The number of anilines is 2. The van der Waals surface area contributed by atoms with Crippen molar-refractivity contribution in [1.82, 2.24) is 9.97 Å². The van der Waals surface area contributed by atoms with E-state index in [9.17, 15) is 4.79 Å². The maximum absolute atomic E-state index is 11.9. The van der Waals surface area contributed by atoms with Crippen LogP contribution in [0.5, 0.6) is 0 Å². The summed E-state index contributed by atoms with van der Waals surface area (Å²) >= 11 is 0. The molecule has 0 aromatic carbocycles. The van der Waals surface area contributed by atoms with Crippen molar-refractivity contribution in [3.63, 3.8) is 0 Å². The van der Waals surface area contributed by atoms with Crippen LogP contribution in [0.4, 0.5) is 11.6 Å². The van der Waals surface area contributed by atoms with Crippen molar-refractivity contribution < 1.29 is 4.79 Å². The van der Waals surface area contributed by atoms with Gasteiger partial charge in [-0.25, -0.2) is 9.97 Å². The Kier molecular flexibility index (Phi) is 4.68. The van der Waals surface area contributed by atoms with Crippen molar-refractivity contribution in [3.05, 3.63) is 12.4 Å². The van der Waals surface area contributed by atoms with Gasteiger partial charge in [0.15, 0.2) is 0 Å². The monoisotopic (exact) mass is 288 g/mol. The topological polar surface area (TPSA) is 58.1 Å². The first-order valence-electron chi connectivity index (χ1n) is 8.18. The van der Waals surface area contributed by atoms with Crippen LogP contribution in [0.25, 0.3) is 0 Å². The number of hydrogen-bond acceptors (Lipinski definition) is 4. The molecule has 1 aliphatic carbocycles. The lowest BCUT2D eigenvalue weighted by atomic mass is 10.0. The molecule has 5 nitrogen and oxygen atoms in total. The Bertz CT molecular complexity index is 462. The van der Waals surface area contributed by atoms with Gasteiger partial charge in [-0.15, -0.1) is 0 Å². The zero-order chi connectivity index (χ0) is 14.5. The number of carbonyl (C=O) groups is 1. The Morgan fingerprint density at radius 3 is 2.48 bits per heavy atom. The molecule has 114 valence electrons. The first kappa shape index (κ1) is 14.3. The number of carbonyl (C=O) groups excluding carboxylic acids is 1. The van der Waals surface area contributed by atoms with Crippen LogP contribution in [0.1, 0.15) is 51.4 Å². The van der Waals surface area contributed by atoms with Gasteiger partial charge in [0.1, 0.15) is 0 Å². The number of nitrogens with zero attached hydrogens (tertiary/aromatic N) is 3. The third kappa shape index (κ3) is 3.93. The first-order chi connectivity index (χ1) is 10.3. The van der Waals surface area contributed by atoms with Crippen LogP contribution in [-0.4, -0.2) is 29.0 Å². The molecule has 2 aliphatic rings. The summed E-state index contributed by atoms with van der Waals surface area (Å²) in [7, 11) is 0. The van der Waals surface area contributed by atoms with Gasteiger partial charge >= 0.3 is 0 Å². The highest BCUT2D eigenvalue weighted by Gasteiger charge is 2.17. The molecule has 0 atom stereocenters. The Balaban J connectivity index is 1.46. The normalized spacial score (nSPS) is 19.1. The Morgan fingerprint density at radius 2 is 1.81 bits per heavy atom. The van der Waals surface area contributed by atoms with Crippen molar-refractivity contribution in [3.8, 4) is 0 Å². The molecule has 5 heteroatoms. The second-order valence-corrected chi connectivity index (χ2v) is 6.20. The summed E-state index contributed by atoms with van der Waals surface area (Å²) in [5, 5.41) is 2.90. The van der Waals surface area contributed by atoms with Crippen molar-refractivity contribution in [1.29, 1.82) is 0 Å². The van der Waals surface area contributed by atoms with Crippen molar-refractivity contribution >= 4 is 17.5 Å². The molecule has 3 rings (SSSR count). The molecule has 0 unspecified atom stereocenters. The molecule has 0 bridgehead atoms. The van der Waals surface area contributed by atoms with E-state index in [1.54, 1.807) is 12.4 Å². The smallest absolute Gasteiger partial charge is 0.225 e. The highest BCUT2D eigenvalue weighted by Crippen LogP contribution is 2.28. The summed E-state index contributed by atoms with van der Waals surface area (Å²) < 4.78 is 0. The van der Waals surface area contributed by atoms with Crippen molar-refractivity contribution in [2.24, 2.45) is 5.92 Å². The van der Waals surface area contributed by atoms with Gasteiger partial charge in [0.25, 0.3) is 0 Å². The van der Waals surface area contributed by atoms with E-state index < -0.39 is 0 Å². The minimum Gasteiger partial charge on any atom is -0.341 e. The van der Waals surface area contributed by atoms with Gasteiger partial charge in [-0.1, -0.05) is 25.7 Å². The fraction of sp³-hybridized carbons (Fsp3) is 0.688. The standard InChI is InChI=1S/C16H24N4O/c21-15(8-7-13-5-1-2-6-13)19-14-11-17-16(18-12-14)20-9-3-4-10-20/h11-13H,1-10H2,(H,19,21). The highest BCUT2D eigenvalue weighted by molar-refractivity contribution is 5.90. The molecule has 1 aliphatic heterocycles. The van der Waals surface area contributed by atoms with Gasteiger partial charge in [0, 0.05) is 19.5 Å². The zero-order valence-corrected chi connectivity index (χ0v) is 12.6. The summed E-state index contributed by atoms with van der Waals surface area (Å²) in [4.78, 5) is 22.8. The maximum Gasteiger partial charge on any atom is 0.225 e. The van der Waals surface area contributed by atoms with E-state index in [0.717, 1.165) is 31.4 Å². The van der Waals surface area contributed by atoms with E-state index in [2.05, 4.69) is 20.2 Å². The first-order valence-corrected chi connectivity index (χ1v) is 8.18. The molecular weight excluding hydrogens is 264 g/mol. The molecule has 21 heavy (non-hydrogen) atoms. The quantitative estimate of drug-likeness (QED) is 0.905. The van der Waals surface area contributed by atoms with Crippen LogP contribution in [-0.2, 0) is 4.79 Å². The third-order valence-electron chi connectivity index (χ3n) is 4.57. The van der Waals surface area contributed by atoms with E-state index >= 15 is 0 Å². The summed E-state index contributed by atoms with van der Waals surface area (Å²) in [6, 6.07) is 0. The average molecular weight is 288 g/mol. The van der Waals surface area contributed by atoms with Gasteiger partial charge in [-0.3, -0.25) is 4.79 Å². The summed E-state index contributed by atoms with van der Waals surface area (Å²) in [5.74, 6) is 1.61. The predicted octanol–water partition coefficient (Wildman–Crippen LogP) is 2.99. The highest BCUT2D eigenvalue weighted by atomic mass is 16.1. The molecule has 0 radical (unpaired) electrons. The zero-order valence-electron chi connectivity index (χ0n) is 12.6. The van der Waals surface area contributed by atoms with Crippen LogP contribution < -0.4 is 10.2 Å². The third-order valence-corrected chi connectivity index (χ3v) is 4.57. The van der Waals surface area contributed by atoms with Crippen LogP contribution in [0.3, 0.4) is 0 Å². The fourth-order valence-electron chi connectivity index (χ4n) is 3.32. The molecule has 1 N–H and O–H groups in total. The minimum atomic E-state index is 0.0828. The minimum absolute atomic E-state index is 0.0828. The van der Waals surface area contributed by atoms with E-state index in [1.807, 2.05) is 0 Å². The molecule has 1 saturated carbocycles. The summed E-state index contributed by atoms with van der Waals surface area (Å²) in [6.45, 7) is 2.07.